The molecule has 1 saturated heterocycles. The number of fused-ring (bicyclic) bond motifs is 4. The number of hydrogen-bond acceptors (Lipinski definition) is 19. The molecule has 1 heterocycles. The number of nitrogens with one attached hydrogen (secondary N) is 2. The highest BCUT2D eigenvalue weighted by Crippen LogP contribution is 2.74. The third-order valence-corrected chi connectivity index (χ3v) is 16.8. The highest BCUT2D eigenvalue weighted by Gasteiger charge is 2.84. The van der Waals surface area contributed by atoms with Crippen LogP contribution in [0.4, 0.5) is 9.59 Å². The molecular weight excluding hydrogens is 973 g/mol. The number of alkyl carbamates (subject to hydrolysis) is 1. The van der Waals surface area contributed by atoms with Gasteiger partial charge in [0.05, 0.1) is 18.1 Å². The zero-order valence-electron chi connectivity index (χ0n) is 42.1. The van der Waals surface area contributed by atoms with Crippen molar-refractivity contribution in [3.63, 3.8) is 0 Å². The van der Waals surface area contributed by atoms with Crippen molar-refractivity contribution in [2.24, 2.45) is 22.7 Å². The zero-order valence-corrected chi connectivity index (χ0v) is 43.8. The van der Waals surface area contributed by atoms with E-state index in [1.807, 2.05) is 6.92 Å². The van der Waals surface area contributed by atoms with Crippen LogP contribution < -0.4 is 10.6 Å². The summed E-state index contributed by atoms with van der Waals surface area (Å²) in [7, 11) is 3.06. The first kappa shape index (κ1) is 54.6. The molecule has 11 atom stereocenters. The maximum atomic E-state index is 15.7. The lowest BCUT2D eigenvalue weighted by molar-refractivity contribution is -0.323. The first-order valence-corrected chi connectivity index (χ1v) is 26.7. The van der Waals surface area contributed by atoms with E-state index in [9.17, 15) is 29.1 Å². The molecule has 4 fully saturated rings. The minimum absolute atomic E-state index is 0.0891. The van der Waals surface area contributed by atoms with Gasteiger partial charge in [0.15, 0.2) is 17.5 Å². The number of aliphatic hydroxyl groups is 1. The van der Waals surface area contributed by atoms with Gasteiger partial charge in [-0.2, -0.15) is 0 Å². The third-order valence-electron chi connectivity index (χ3n) is 14.5. The van der Waals surface area contributed by atoms with Crippen molar-refractivity contribution < 1.29 is 76.6 Å². The molecule has 7 rings (SSSR count). The topological polar surface area (TPSA) is 238 Å². The Kier molecular flexibility index (Phi) is 16.5. The fourth-order valence-electron chi connectivity index (χ4n) is 11.2. The van der Waals surface area contributed by atoms with E-state index in [-0.39, 0.29) is 36.3 Å². The van der Waals surface area contributed by atoms with Crippen molar-refractivity contribution in [2.75, 3.05) is 37.8 Å². The van der Waals surface area contributed by atoms with E-state index < -0.39 is 124 Å². The van der Waals surface area contributed by atoms with Gasteiger partial charge in [-0.05, 0) is 81.8 Å². The molecule has 0 radical (unpaired) electrons. The van der Waals surface area contributed by atoms with Crippen LogP contribution in [0.1, 0.15) is 104 Å². The number of esters is 4. The third kappa shape index (κ3) is 10.9. The van der Waals surface area contributed by atoms with Gasteiger partial charge in [0.2, 0.25) is 6.10 Å². The maximum Gasteiger partial charge on any atom is 0.509 e. The summed E-state index contributed by atoms with van der Waals surface area (Å²) in [4.78, 5) is 98.9. The molecule has 72 heavy (non-hydrogen) atoms. The van der Waals surface area contributed by atoms with Crippen molar-refractivity contribution in [2.45, 2.75) is 135 Å². The lowest BCUT2D eigenvalue weighted by atomic mass is 9.48. The molecule has 4 aliphatic carbocycles. The molecule has 1 amide bonds. The summed E-state index contributed by atoms with van der Waals surface area (Å²) in [5, 5.41) is 19.9. The van der Waals surface area contributed by atoms with E-state index in [4.69, 9.17) is 37.9 Å². The SMILES string of the molecule is CCNCCSSCCOC(=O)O[C@@H](C(=O)O[C@H]1C[C@@]2(O)[C@@H](OC(=O)c3ccccc3)[C@@H]3[C@]4(OC(C)=O)CO[C@@H]4C[C@@H]4C[C@@]43C(=O)[C@H](OC(C)=O)C(=C1C)C2(C)C)[C@@H](NC(=O)OC(C)(C)C)c1ccccc1. The van der Waals surface area contributed by atoms with Crippen molar-refractivity contribution in [1.29, 1.82) is 0 Å². The van der Waals surface area contributed by atoms with Gasteiger partial charge >= 0.3 is 36.1 Å². The van der Waals surface area contributed by atoms with Crippen molar-refractivity contribution in [3.05, 3.63) is 82.9 Å². The molecule has 3 N–H and O–H groups in total. The summed E-state index contributed by atoms with van der Waals surface area (Å²) in [5.41, 5.74) is -7.26. The minimum atomic E-state index is -2.32. The molecule has 1 spiro atoms. The summed E-state index contributed by atoms with van der Waals surface area (Å²) in [5.74, 6) is -4.65. The quantitative estimate of drug-likeness (QED) is 0.0467. The molecule has 392 valence electrons. The number of rotatable bonds is 18. The standard InChI is InChI=1S/C52H66N2O16S2/c1-10-53-21-23-71-72-24-22-63-47(61)67-40(38(32-17-13-11-14-18-32)54-46(60)70-48(5,6)7)45(59)66-35-27-52(62)43(68-44(58)33-19-15-12-16-20-33)41-50(26-34(50)25-36-51(41,28-64-36)69-31(4)56)42(57)39(65-30(3)55)37(29(35)2)49(52,8)9/h11-20,34-36,38-41,43,53,62H,10,21-28H2,1-9H3,(H,54,60)/t34-,35+,36-,38+,39-,40-,41+,43+,50-,51+,52-/m1/s1. The van der Waals surface area contributed by atoms with Crippen molar-refractivity contribution in [1.82, 2.24) is 10.6 Å². The van der Waals surface area contributed by atoms with E-state index in [2.05, 4.69) is 10.6 Å². The summed E-state index contributed by atoms with van der Waals surface area (Å²) in [6.45, 7) is 15.5. The van der Waals surface area contributed by atoms with Crippen LogP contribution in [0.15, 0.2) is 71.8 Å². The smallest absolute Gasteiger partial charge is 0.455 e. The van der Waals surface area contributed by atoms with E-state index in [0.29, 0.717) is 17.7 Å². The second-order valence-electron chi connectivity index (χ2n) is 20.5. The van der Waals surface area contributed by atoms with E-state index >= 15 is 9.59 Å². The molecule has 20 heteroatoms. The number of hydrogen-bond donors (Lipinski definition) is 3. The molecule has 2 aromatic rings. The molecule has 2 bridgehead atoms. The molecule has 5 aliphatic rings. The van der Waals surface area contributed by atoms with Crippen LogP contribution in [-0.2, 0) is 57.1 Å². The number of amides is 1. The predicted molar refractivity (Wildman–Crippen MR) is 263 cm³/mol. The number of carbonyl (C=O) groups is 7. The Morgan fingerprint density at radius 2 is 1.57 bits per heavy atom. The van der Waals surface area contributed by atoms with Gasteiger partial charge in [-0.3, -0.25) is 14.4 Å². The average molecular weight is 1040 g/mol. The lowest BCUT2D eigenvalue weighted by Gasteiger charge is -2.64. The first-order valence-electron chi connectivity index (χ1n) is 24.3. The molecule has 2 aromatic carbocycles. The van der Waals surface area contributed by atoms with Gasteiger partial charge in [-0.25, -0.2) is 19.2 Å². The van der Waals surface area contributed by atoms with Crippen LogP contribution in [0.3, 0.4) is 0 Å². The number of carbonyl (C=O) groups excluding carboxylic acids is 7. The maximum absolute atomic E-state index is 15.7. The second kappa shape index (κ2) is 21.7. The Morgan fingerprint density at radius 1 is 0.903 bits per heavy atom. The second-order valence-corrected chi connectivity index (χ2v) is 23.2. The van der Waals surface area contributed by atoms with Gasteiger partial charge in [0.25, 0.3) is 0 Å². The minimum Gasteiger partial charge on any atom is -0.455 e. The summed E-state index contributed by atoms with van der Waals surface area (Å²) in [6, 6.07) is 14.8. The molecular formula is C52H66N2O16S2. The van der Waals surface area contributed by atoms with Crippen LogP contribution in [0.25, 0.3) is 0 Å². The molecule has 0 unspecified atom stereocenters. The van der Waals surface area contributed by atoms with E-state index in [1.165, 1.54) is 29.9 Å². The normalized spacial score (nSPS) is 29.6. The number of Topliss-reactive ketones (excluding diaryl/α,β-unsaturated/α-hetero) is 1. The molecule has 18 nitrogen and oxygen atoms in total. The van der Waals surface area contributed by atoms with Gasteiger partial charge in [-0.15, -0.1) is 0 Å². The van der Waals surface area contributed by atoms with Crippen molar-refractivity contribution in [3.8, 4) is 0 Å². The number of ether oxygens (including phenoxy) is 8. The molecule has 0 aromatic heterocycles. The fourth-order valence-corrected chi connectivity index (χ4v) is 13.0. The summed E-state index contributed by atoms with van der Waals surface area (Å²) >= 11 is 0. The Hall–Kier alpha value is -5.15. The van der Waals surface area contributed by atoms with Crippen LogP contribution in [0, 0.1) is 22.7 Å². The van der Waals surface area contributed by atoms with E-state index in [0.717, 1.165) is 25.8 Å². The Bertz CT molecular complexity index is 2410. The zero-order chi connectivity index (χ0) is 52.4. The Labute approximate surface area is 427 Å². The largest absolute Gasteiger partial charge is 0.509 e. The molecule has 1 aliphatic heterocycles. The first-order chi connectivity index (χ1) is 34.0. The summed E-state index contributed by atoms with van der Waals surface area (Å²) < 4.78 is 48.1. The van der Waals surface area contributed by atoms with Gasteiger partial charge in [0.1, 0.15) is 42.2 Å². The van der Waals surface area contributed by atoms with Crippen LogP contribution in [0.2, 0.25) is 0 Å². The lowest BCUT2D eigenvalue weighted by Crippen LogP contribution is -2.78. The number of benzene rings is 2. The van der Waals surface area contributed by atoms with E-state index in [1.54, 1.807) is 101 Å². The van der Waals surface area contributed by atoms with Crippen LogP contribution in [0.5, 0.6) is 0 Å². The Morgan fingerprint density at radius 3 is 2.18 bits per heavy atom. The van der Waals surface area contributed by atoms with Gasteiger partial charge in [-0.1, -0.05) is 90.9 Å². The van der Waals surface area contributed by atoms with Gasteiger partial charge < -0.3 is 53.6 Å². The predicted octanol–water partition coefficient (Wildman–Crippen LogP) is 6.62. The fraction of sp³-hybridized carbons (Fsp3) is 0.596. The molecule has 3 saturated carbocycles. The van der Waals surface area contributed by atoms with Crippen LogP contribution in [-0.4, -0.2) is 132 Å². The highest BCUT2D eigenvalue weighted by molar-refractivity contribution is 8.76. The Balaban J connectivity index is 1.33. The number of ketones is 1. The van der Waals surface area contributed by atoms with Crippen molar-refractivity contribution >= 4 is 63.5 Å². The average Bonchev–Trinajstić information content (AvgIpc) is 4.04. The monoisotopic (exact) mass is 1040 g/mol. The van der Waals surface area contributed by atoms with Crippen LogP contribution >= 0.6 is 21.6 Å². The highest BCUT2D eigenvalue weighted by atomic mass is 33.1. The summed E-state index contributed by atoms with van der Waals surface area (Å²) in [6.07, 6.45) is -9.81. The van der Waals surface area contributed by atoms with Gasteiger partial charge in [0, 0.05) is 49.1 Å².